The zero-order valence-electron chi connectivity index (χ0n) is 16.6. The van der Waals surface area contributed by atoms with Crippen LogP contribution in [-0.4, -0.2) is 22.8 Å². The first-order valence-corrected chi connectivity index (χ1v) is 10.3. The van der Waals surface area contributed by atoms with Crippen LogP contribution in [0.1, 0.15) is 59.2 Å². The van der Waals surface area contributed by atoms with Crippen molar-refractivity contribution in [2.75, 3.05) is 0 Å². The van der Waals surface area contributed by atoms with Gasteiger partial charge >= 0.3 is 6.18 Å². The molecule has 2 aromatic rings. The number of Topliss-reactive ketones (excluding diaryl/α,β-unsaturated/α-hetero) is 1. The number of alkyl halides is 3. The van der Waals surface area contributed by atoms with Crippen LogP contribution < -0.4 is 0 Å². The maximum absolute atomic E-state index is 13.2. The highest BCUT2D eigenvalue weighted by Gasteiger charge is 2.41. The van der Waals surface area contributed by atoms with Crippen molar-refractivity contribution in [3.63, 3.8) is 0 Å². The highest BCUT2D eigenvalue weighted by atomic mass is 19.4. The van der Waals surface area contributed by atoms with Gasteiger partial charge in [-0.15, -0.1) is 0 Å². The molecule has 154 valence electrons. The molecular weight excluding hydrogens is 375 g/mol. The third-order valence-electron chi connectivity index (χ3n) is 6.39. The lowest BCUT2D eigenvalue weighted by atomic mass is 9.75. The smallest absolute Gasteiger partial charge is 0.294 e. The molecule has 2 atom stereocenters. The van der Waals surface area contributed by atoms with Crippen LogP contribution in [0.3, 0.4) is 0 Å². The Morgan fingerprint density at radius 2 is 1.69 bits per heavy atom. The molecule has 2 bridgehead atoms. The van der Waals surface area contributed by atoms with Gasteiger partial charge in [0.1, 0.15) is 0 Å². The van der Waals surface area contributed by atoms with Gasteiger partial charge in [-0.2, -0.15) is 13.2 Å². The zero-order chi connectivity index (χ0) is 20.6. The van der Waals surface area contributed by atoms with Crippen molar-refractivity contribution in [2.45, 2.75) is 63.8 Å². The fourth-order valence-electron chi connectivity index (χ4n) is 5.07. The predicted octanol–water partition coefficient (Wildman–Crippen LogP) is 6.03. The second kappa shape index (κ2) is 7.94. The zero-order valence-corrected chi connectivity index (χ0v) is 16.6. The van der Waals surface area contributed by atoms with E-state index in [0.717, 1.165) is 50.8 Å². The topological polar surface area (TPSA) is 20.3 Å². The van der Waals surface area contributed by atoms with Gasteiger partial charge in [-0.05, 0) is 61.9 Å². The molecule has 2 aliphatic rings. The average molecular weight is 401 g/mol. The fourth-order valence-corrected chi connectivity index (χ4v) is 5.07. The number of benzene rings is 2. The first-order valence-electron chi connectivity index (χ1n) is 10.3. The quantitative estimate of drug-likeness (QED) is 0.583. The van der Waals surface area contributed by atoms with Crippen LogP contribution in [0.25, 0.3) is 0 Å². The van der Waals surface area contributed by atoms with E-state index in [1.807, 2.05) is 18.2 Å². The van der Waals surface area contributed by atoms with Crippen LogP contribution in [-0.2, 0) is 12.7 Å². The van der Waals surface area contributed by atoms with Crippen molar-refractivity contribution in [3.8, 4) is 0 Å². The average Bonchev–Trinajstić information content (AvgIpc) is 2.67. The fraction of sp³-hybridized carbons (Fsp3) is 0.458. The summed E-state index contributed by atoms with van der Waals surface area (Å²) < 4.78 is 39.5. The predicted molar refractivity (Wildman–Crippen MR) is 107 cm³/mol. The summed E-state index contributed by atoms with van der Waals surface area (Å²) >= 11 is 0. The van der Waals surface area contributed by atoms with E-state index in [0.29, 0.717) is 17.6 Å². The molecule has 0 amide bonds. The molecule has 2 heterocycles. The second-order valence-corrected chi connectivity index (χ2v) is 8.51. The number of halogens is 3. The van der Waals surface area contributed by atoms with E-state index in [4.69, 9.17) is 0 Å². The Kier molecular flexibility index (Phi) is 5.52. The Bertz CT molecular complexity index is 863. The molecule has 2 nitrogen and oxygen atoms in total. The molecule has 0 saturated carbocycles. The van der Waals surface area contributed by atoms with E-state index in [2.05, 4.69) is 17.0 Å². The molecule has 2 unspecified atom stereocenters. The number of piperidine rings is 2. The van der Waals surface area contributed by atoms with Gasteiger partial charge < -0.3 is 0 Å². The number of aryl methyl sites for hydroxylation is 1. The number of carbonyl (C=O) groups excluding carboxylic acids is 1. The second-order valence-electron chi connectivity index (χ2n) is 8.51. The van der Waals surface area contributed by atoms with Crippen LogP contribution in [0, 0.1) is 12.8 Å². The number of carbonyl (C=O) groups is 1. The standard InChI is InChI=1S/C24H26F3NO/c1-16-10-18(12-20(11-16)24(25,26)27)23(29)19-13-21-8-5-9-22(14-19)28(21)15-17-6-3-2-4-7-17/h2-4,6-7,10-12,19,21-22H,5,8-9,13-15H2,1H3. The maximum Gasteiger partial charge on any atom is 0.416 e. The molecule has 0 radical (unpaired) electrons. The summed E-state index contributed by atoms with van der Waals surface area (Å²) in [5, 5.41) is 0. The van der Waals surface area contributed by atoms with Gasteiger partial charge in [-0.1, -0.05) is 36.8 Å². The van der Waals surface area contributed by atoms with E-state index in [-0.39, 0.29) is 17.3 Å². The third kappa shape index (κ3) is 4.40. The van der Waals surface area contributed by atoms with Crippen molar-refractivity contribution in [1.29, 1.82) is 0 Å². The monoisotopic (exact) mass is 401 g/mol. The van der Waals surface area contributed by atoms with E-state index in [1.54, 1.807) is 13.0 Å². The van der Waals surface area contributed by atoms with Crippen molar-refractivity contribution >= 4 is 5.78 Å². The van der Waals surface area contributed by atoms with Gasteiger partial charge in [0.05, 0.1) is 5.56 Å². The van der Waals surface area contributed by atoms with Crippen LogP contribution in [0.4, 0.5) is 13.2 Å². The lowest BCUT2D eigenvalue weighted by molar-refractivity contribution is -0.137. The minimum Gasteiger partial charge on any atom is -0.294 e. The van der Waals surface area contributed by atoms with E-state index < -0.39 is 11.7 Å². The number of hydrogen-bond donors (Lipinski definition) is 0. The summed E-state index contributed by atoms with van der Waals surface area (Å²) in [6.07, 6.45) is 0.291. The molecule has 2 aliphatic heterocycles. The van der Waals surface area contributed by atoms with E-state index in [9.17, 15) is 18.0 Å². The Morgan fingerprint density at radius 3 is 2.31 bits per heavy atom. The molecule has 4 rings (SSSR count). The summed E-state index contributed by atoms with van der Waals surface area (Å²) in [6, 6.07) is 14.7. The molecule has 2 saturated heterocycles. The number of fused-ring (bicyclic) bond motifs is 2. The van der Waals surface area contributed by atoms with Gasteiger partial charge in [0, 0.05) is 30.1 Å². The summed E-state index contributed by atoms with van der Waals surface area (Å²) in [5.41, 5.74) is 1.21. The largest absolute Gasteiger partial charge is 0.416 e. The van der Waals surface area contributed by atoms with Gasteiger partial charge in [-0.25, -0.2) is 0 Å². The molecular formula is C24H26F3NO. The van der Waals surface area contributed by atoms with E-state index in [1.165, 1.54) is 5.56 Å². The number of ketones is 1. The normalized spacial score (nSPS) is 25.0. The Labute approximate surface area is 169 Å². The molecule has 0 aliphatic carbocycles. The molecule has 0 spiro atoms. The summed E-state index contributed by atoms with van der Waals surface area (Å²) in [4.78, 5) is 15.7. The first kappa shape index (κ1) is 20.1. The third-order valence-corrected chi connectivity index (χ3v) is 6.39. The van der Waals surface area contributed by atoms with Crippen molar-refractivity contribution < 1.29 is 18.0 Å². The van der Waals surface area contributed by atoms with Crippen LogP contribution >= 0.6 is 0 Å². The Morgan fingerprint density at radius 1 is 1.03 bits per heavy atom. The number of rotatable bonds is 4. The van der Waals surface area contributed by atoms with Gasteiger partial charge in [0.2, 0.25) is 0 Å². The molecule has 2 aromatic carbocycles. The minimum absolute atomic E-state index is 0.129. The van der Waals surface area contributed by atoms with Crippen molar-refractivity contribution in [2.24, 2.45) is 5.92 Å². The van der Waals surface area contributed by atoms with Gasteiger partial charge in [0.25, 0.3) is 0 Å². The Hall–Kier alpha value is -2.14. The highest BCUT2D eigenvalue weighted by Crippen LogP contribution is 2.40. The first-order chi connectivity index (χ1) is 13.8. The lowest BCUT2D eigenvalue weighted by Gasteiger charge is -2.48. The van der Waals surface area contributed by atoms with E-state index >= 15 is 0 Å². The van der Waals surface area contributed by atoms with Crippen LogP contribution in [0.5, 0.6) is 0 Å². The summed E-state index contributed by atoms with van der Waals surface area (Å²) in [6.45, 7) is 2.49. The summed E-state index contributed by atoms with van der Waals surface area (Å²) in [5.74, 6) is -0.323. The maximum atomic E-state index is 13.2. The number of hydrogen-bond acceptors (Lipinski definition) is 2. The highest BCUT2D eigenvalue weighted by molar-refractivity contribution is 5.98. The molecule has 0 aromatic heterocycles. The minimum atomic E-state index is -4.43. The van der Waals surface area contributed by atoms with Crippen LogP contribution in [0.2, 0.25) is 0 Å². The molecule has 2 fully saturated rings. The lowest BCUT2D eigenvalue weighted by Crippen LogP contribution is -2.52. The molecule has 0 N–H and O–H groups in total. The van der Waals surface area contributed by atoms with Crippen LogP contribution in [0.15, 0.2) is 48.5 Å². The number of nitrogens with zero attached hydrogens (tertiary/aromatic N) is 1. The van der Waals surface area contributed by atoms with Crippen molar-refractivity contribution in [1.82, 2.24) is 4.90 Å². The molecule has 5 heteroatoms. The summed E-state index contributed by atoms with van der Waals surface area (Å²) in [7, 11) is 0. The molecule has 29 heavy (non-hydrogen) atoms. The SMILES string of the molecule is Cc1cc(C(=O)C2CC3CCCC(C2)N3Cc2ccccc2)cc(C(F)(F)F)c1. The van der Waals surface area contributed by atoms with Gasteiger partial charge in [0.15, 0.2) is 5.78 Å². The van der Waals surface area contributed by atoms with Gasteiger partial charge in [-0.3, -0.25) is 9.69 Å². The van der Waals surface area contributed by atoms with Crippen molar-refractivity contribution in [3.05, 3.63) is 70.8 Å². The Balaban J connectivity index is 1.53.